The van der Waals surface area contributed by atoms with Gasteiger partial charge in [-0.05, 0) is 56.3 Å². The van der Waals surface area contributed by atoms with Crippen molar-refractivity contribution in [3.63, 3.8) is 0 Å². The summed E-state index contributed by atoms with van der Waals surface area (Å²) in [5, 5.41) is 0. The highest BCUT2D eigenvalue weighted by molar-refractivity contribution is 7.99. The van der Waals surface area contributed by atoms with Crippen LogP contribution in [0, 0.1) is 5.92 Å². The molecule has 0 spiro atoms. The molecule has 14 nitrogen and oxygen atoms in total. The molecule has 15 heteroatoms. The Labute approximate surface area is 581 Å². The van der Waals surface area contributed by atoms with Gasteiger partial charge in [-0.2, -0.15) is 0 Å². The minimum Gasteiger partial charge on any atom is -0.374 e. The Balaban J connectivity index is 0.916. The highest BCUT2D eigenvalue weighted by Gasteiger charge is 2.55. The number of rotatable bonds is 35. The van der Waals surface area contributed by atoms with E-state index in [4.69, 9.17) is 66.3 Å². The molecule has 0 saturated carbocycles. The van der Waals surface area contributed by atoms with Crippen molar-refractivity contribution < 1.29 is 66.3 Å². The van der Waals surface area contributed by atoms with E-state index in [1.165, 1.54) is 11.8 Å². The van der Waals surface area contributed by atoms with E-state index in [0.717, 1.165) is 50.1 Å². The number of benzene rings is 9. The fourth-order valence-corrected chi connectivity index (χ4v) is 13.4. The molecule has 9 aromatic rings. The van der Waals surface area contributed by atoms with Crippen LogP contribution in [0.25, 0.3) is 0 Å². The minimum absolute atomic E-state index is 0.0475. The molecule has 9 aromatic carbocycles. The number of hydrogen-bond donors (Lipinski definition) is 0. The molecule has 15 atom stereocenters. The Morgan fingerprint density at radius 3 is 0.847 bits per heavy atom. The second-order valence-electron chi connectivity index (χ2n) is 25.0. The summed E-state index contributed by atoms with van der Waals surface area (Å²) in [7, 11) is 0. The summed E-state index contributed by atoms with van der Waals surface area (Å²) < 4.78 is 100. The predicted octanol–water partition coefficient (Wildman–Crippen LogP) is 15.1. The maximum atomic E-state index is 7.73. The fraction of sp³-hybridized carbons (Fsp3) is 0.349. The van der Waals surface area contributed by atoms with Gasteiger partial charge in [0.05, 0.1) is 85.4 Å². The van der Waals surface area contributed by atoms with E-state index < -0.39 is 91.1 Å². The quantitative estimate of drug-likeness (QED) is 0.0373. The standard InChI is InChI=1S/C83H90O14S/c1-60-73(86-50-63-34-16-5-17-35-63)74(87-51-64-36-18-6-19-37-64)70(57-84-48-61-30-12-3-13-31-61)94-81(60)93-59-72-76(89-53-66-40-22-8-23-41-66)77(90-54-67-42-24-9-25-43-67)79(92-56-69-46-28-11-29-47-69)82(95-72)97-80-78(91-55-68-44-26-10-27-45-68)75(88-52-65-38-20-7-21-39-65)71(96-83(80)98-2)58-85-49-62-32-14-4-15-33-62/h3-47,60,70-83H,48-59H2,1-2H3/t60?,70?,71?,72?,73-,74-,75-,76-,77+,78-,79?,80?,81-,82-,83-/m1/s1. The smallest absolute Gasteiger partial charge is 0.187 e. The van der Waals surface area contributed by atoms with Gasteiger partial charge in [-0.25, -0.2) is 0 Å². The second kappa shape index (κ2) is 37.8. The van der Waals surface area contributed by atoms with Crippen LogP contribution in [0.15, 0.2) is 273 Å². The molecule has 0 bridgehead atoms. The van der Waals surface area contributed by atoms with Gasteiger partial charge in [0.25, 0.3) is 0 Å². The van der Waals surface area contributed by atoms with Gasteiger partial charge in [0, 0.05) is 5.92 Å². The van der Waals surface area contributed by atoms with Crippen LogP contribution in [0.2, 0.25) is 0 Å². The first-order valence-electron chi connectivity index (χ1n) is 34.1. The molecule has 3 saturated heterocycles. The van der Waals surface area contributed by atoms with Crippen molar-refractivity contribution in [1.29, 1.82) is 0 Å². The van der Waals surface area contributed by atoms with Crippen molar-refractivity contribution in [3.05, 3.63) is 323 Å². The van der Waals surface area contributed by atoms with Crippen molar-refractivity contribution in [1.82, 2.24) is 0 Å². The van der Waals surface area contributed by atoms with Gasteiger partial charge in [-0.3, -0.25) is 0 Å². The normalized spacial score (nSPS) is 25.6. The van der Waals surface area contributed by atoms with Gasteiger partial charge in [-0.1, -0.05) is 280 Å². The Morgan fingerprint density at radius 2 is 0.510 bits per heavy atom. The molecule has 12 rings (SSSR count). The maximum absolute atomic E-state index is 7.73. The third kappa shape index (κ3) is 20.5. The van der Waals surface area contributed by atoms with Crippen LogP contribution >= 0.6 is 11.8 Å². The van der Waals surface area contributed by atoms with E-state index in [2.05, 4.69) is 91.9 Å². The lowest BCUT2D eigenvalue weighted by Crippen LogP contribution is -2.66. The van der Waals surface area contributed by atoms with Crippen LogP contribution in [0.4, 0.5) is 0 Å². The van der Waals surface area contributed by atoms with Crippen molar-refractivity contribution >= 4 is 11.8 Å². The van der Waals surface area contributed by atoms with Gasteiger partial charge in [0.15, 0.2) is 12.6 Å². The Kier molecular flexibility index (Phi) is 27.3. The predicted molar refractivity (Wildman–Crippen MR) is 377 cm³/mol. The van der Waals surface area contributed by atoms with E-state index >= 15 is 0 Å². The molecular weight excluding hydrogens is 1250 g/mol. The summed E-state index contributed by atoms with van der Waals surface area (Å²) >= 11 is 1.52. The first-order valence-corrected chi connectivity index (χ1v) is 35.3. The monoisotopic (exact) mass is 1340 g/mol. The Morgan fingerprint density at radius 1 is 0.255 bits per heavy atom. The van der Waals surface area contributed by atoms with Gasteiger partial charge in [-0.15, -0.1) is 11.8 Å². The first-order chi connectivity index (χ1) is 48.5. The fourth-order valence-electron chi connectivity index (χ4n) is 12.7. The summed E-state index contributed by atoms with van der Waals surface area (Å²) in [6.07, 6.45) is -8.15. The zero-order chi connectivity index (χ0) is 66.8. The van der Waals surface area contributed by atoms with Gasteiger partial charge < -0.3 is 66.3 Å². The lowest BCUT2D eigenvalue weighted by Gasteiger charge is -2.50. The maximum Gasteiger partial charge on any atom is 0.187 e. The van der Waals surface area contributed by atoms with E-state index in [-0.39, 0.29) is 52.9 Å². The first kappa shape index (κ1) is 70.6. The highest BCUT2D eigenvalue weighted by Crippen LogP contribution is 2.40. The lowest BCUT2D eigenvalue weighted by molar-refractivity contribution is -0.364. The van der Waals surface area contributed by atoms with Crippen LogP contribution < -0.4 is 0 Å². The molecular formula is C83H90O14S. The average molecular weight is 1340 g/mol. The average Bonchev–Trinajstić information content (AvgIpc) is 0.776. The molecule has 3 heterocycles. The van der Waals surface area contributed by atoms with E-state index in [1.807, 2.05) is 194 Å². The zero-order valence-electron chi connectivity index (χ0n) is 55.8. The summed E-state index contributed by atoms with van der Waals surface area (Å²) in [5.41, 5.74) is 8.31. The molecule has 3 aliphatic rings. The third-order valence-corrected chi connectivity index (χ3v) is 18.7. The molecule has 0 aromatic heterocycles. The van der Waals surface area contributed by atoms with E-state index in [0.29, 0.717) is 26.4 Å². The second-order valence-corrected chi connectivity index (χ2v) is 25.9. The van der Waals surface area contributed by atoms with Crippen molar-refractivity contribution in [2.24, 2.45) is 5.92 Å². The highest BCUT2D eigenvalue weighted by atomic mass is 32.2. The van der Waals surface area contributed by atoms with Gasteiger partial charge in [0.1, 0.15) is 66.5 Å². The van der Waals surface area contributed by atoms with Crippen LogP contribution in [0.1, 0.15) is 57.0 Å². The summed E-state index contributed by atoms with van der Waals surface area (Å²) in [4.78, 5) is 0. The van der Waals surface area contributed by atoms with Gasteiger partial charge in [0.2, 0.25) is 0 Å². The minimum atomic E-state index is -1.17. The van der Waals surface area contributed by atoms with E-state index in [1.54, 1.807) is 0 Å². The summed E-state index contributed by atoms with van der Waals surface area (Å²) in [6, 6.07) is 91.1. The molecule has 3 aliphatic heterocycles. The van der Waals surface area contributed by atoms with Gasteiger partial charge >= 0.3 is 0 Å². The van der Waals surface area contributed by atoms with Crippen molar-refractivity contribution in [2.45, 2.75) is 152 Å². The number of thioether (sulfide) groups is 1. The lowest BCUT2D eigenvalue weighted by atomic mass is 9.91. The SMILES string of the molecule is CS[C@H]1OC(COCc2ccccc2)[C@@H](OCc2ccccc2)[C@@H](OCc2ccccc2)C1O[C@H]1OC(CO[C@@H]2OC(COCc3ccccc3)[C@@H](OCc3ccccc3)[C@H](OCc3ccccc3)C2C)[C@@H](OCc2ccccc2)[C@H](OCc2ccccc2)C1OCc1ccccc1. The number of ether oxygens (including phenoxy) is 14. The molecule has 0 amide bonds. The molecule has 0 radical (unpaired) electrons. The molecule has 0 N–H and O–H groups in total. The third-order valence-electron chi connectivity index (χ3n) is 17.9. The molecule has 98 heavy (non-hydrogen) atoms. The summed E-state index contributed by atoms with van der Waals surface area (Å²) in [5.74, 6) is -0.391. The van der Waals surface area contributed by atoms with Crippen molar-refractivity contribution in [2.75, 3.05) is 26.1 Å². The molecule has 512 valence electrons. The molecule has 6 unspecified atom stereocenters. The molecule has 3 fully saturated rings. The van der Waals surface area contributed by atoms with Crippen LogP contribution in [-0.2, 0) is 126 Å². The Hall–Kier alpha value is -7.23. The largest absolute Gasteiger partial charge is 0.374 e. The topological polar surface area (TPSA) is 129 Å². The Bertz CT molecular complexity index is 3620. The molecule has 0 aliphatic carbocycles. The van der Waals surface area contributed by atoms with Crippen LogP contribution in [-0.4, -0.2) is 111 Å². The number of hydrogen-bond acceptors (Lipinski definition) is 15. The zero-order valence-corrected chi connectivity index (χ0v) is 56.6. The summed E-state index contributed by atoms with van der Waals surface area (Å²) in [6.45, 7) is 4.96. The van der Waals surface area contributed by atoms with Crippen LogP contribution in [0.5, 0.6) is 0 Å². The van der Waals surface area contributed by atoms with E-state index in [9.17, 15) is 0 Å². The van der Waals surface area contributed by atoms with Crippen LogP contribution in [0.3, 0.4) is 0 Å². The van der Waals surface area contributed by atoms with Crippen molar-refractivity contribution in [3.8, 4) is 0 Å².